The highest BCUT2D eigenvalue weighted by Crippen LogP contribution is 2.12. The molecule has 92 valence electrons. The number of rotatable bonds is 1. The second kappa shape index (κ2) is 5.25. The van der Waals surface area contributed by atoms with Crippen molar-refractivity contribution < 1.29 is 4.79 Å². The van der Waals surface area contributed by atoms with Crippen molar-refractivity contribution in [2.24, 2.45) is 0 Å². The van der Waals surface area contributed by atoms with E-state index in [1.807, 2.05) is 18.7 Å². The van der Waals surface area contributed by atoms with E-state index < -0.39 is 0 Å². The lowest BCUT2D eigenvalue weighted by molar-refractivity contribution is 0.0755. The molecule has 1 aromatic heterocycles. The molecule has 1 amide bonds. The molecule has 0 radical (unpaired) electrons. The number of nitrogens with zero attached hydrogens (tertiary/aromatic N) is 3. The number of carbonyl (C=O) groups is 1. The predicted octanol–water partition coefficient (Wildman–Crippen LogP) is 2.11. The summed E-state index contributed by atoms with van der Waals surface area (Å²) in [6.45, 7) is 5.45. The van der Waals surface area contributed by atoms with E-state index in [0.717, 1.165) is 31.6 Å². The summed E-state index contributed by atoms with van der Waals surface area (Å²) in [6, 6.07) is 1.78. The number of hydrogen-bond acceptors (Lipinski definition) is 3. The molecule has 1 fully saturated rings. The third kappa shape index (κ3) is 3.02. The van der Waals surface area contributed by atoms with E-state index in [1.165, 1.54) is 12.8 Å². The number of amides is 1. The third-order valence-electron chi connectivity index (χ3n) is 3.08. The van der Waals surface area contributed by atoms with Crippen LogP contribution in [0.2, 0.25) is 0 Å². The van der Waals surface area contributed by atoms with Crippen molar-refractivity contribution in [3.63, 3.8) is 0 Å². The summed E-state index contributed by atoms with van der Waals surface area (Å²) in [5.41, 5.74) is 1.40. The highest BCUT2D eigenvalue weighted by atomic mass is 16.2. The standard InChI is InChI=1S/C13H19N3O/c1-10-9-12(15-11(2)14-10)13(17)16-7-5-3-4-6-8-16/h9H,3-8H2,1-2H3. The molecule has 1 saturated heterocycles. The monoisotopic (exact) mass is 233 g/mol. The Labute approximate surface area is 102 Å². The Morgan fingerprint density at radius 2 is 1.76 bits per heavy atom. The minimum atomic E-state index is 0.0560. The summed E-state index contributed by atoms with van der Waals surface area (Å²) < 4.78 is 0. The van der Waals surface area contributed by atoms with Gasteiger partial charge >= 0.3 is 0 Å². The average Bonchev–Trinajstić information content (AvgIpc) is 2.55. The second-order valence-corrected chi connectivity index (χ2v) is 4.65. The highest BCUT2D eigenvalue weighted by Gasteiger charge is 2.18. The molecule has 1 aliphatic rings. The van der Waals surface area contributed by atoms with Gasteiger partial charge in [0.05, 0.1) is 0 Å². The summed E-state index contributed by atoms with van der Waals surface area (Å²) in [5.74, 6) is 0.726. The zero-order chi connectivity index (χ0) is 12.3. The number of aromatic nitrogens is 2. The van der Waals surface area contributed by atoms with Crippen LogP contribution in [0.15, 0.2) is 6.07 Å². The Hall–Kier alpha value is -1.45. The van der Waals surface area contributed by atoms with E-state index in [2.05, 4.69) is 9.97 Å². The molecule has 0 aliphatic carbocycles. The lowest BCUT2D eigenvalue weighted by atomic mass is 10.2. The lowest BCUT2D eigenvalue weighted by Crippen LogP contribution is -2.32. The molecule has 1 aliphatic heterocycles. The topological polar surface area (TPSA) is 46.1 Å². The van der Waals surface area contributed by atoms with Gasteiger partial charge < -0.3 is 4.90 Å². The fraction of sp³-hybridized carbons (Fsp3) is 0.615. The van der Waals surface area contributed by atoms with Crippen molar-refractivity contribution in [3.8, 4) is 0 Å². The lowest BCUT2D eigenvalue weighted by Gasteiger charge is -2.19. The van der Waals surface area contributed by atoms with Crippen molar-refractivity contribution in [2.45, 2.75) is 39.5 Å². The fourth-order valence-corrected chi connectivity index (χ4v) is 2.26. The Kier molecular flexibility index (Phi) is 3.71. The van der Waals surface area contributed by atoms with Crippen molar-refractivity contribution >= 4 is 5.91 Å². The molecule has 0 bridgehead atoms. The summed E-state index contributed by atoms with van der Waals surface area (Å²) in [6.07, 6.45) is 4.67. The maximum atomic E-state index is 12.3. The van der Waals surface area contributed by atoms with Crippen LogP contribution in [0.3, 0.4) is 0 Å². The van der Waals surface area contributed by atoms with Crippen LogP contribution >= 0.6 is 0 Å². The molecule has 0 atom stereocenters. The molecule has 0 spiro atoms. The molecular formula is C13H19N3O. The molecule has 2 heterocycles. The first kappa shape index (κ1) is 12.0. The zero-order valence-electron chi connectivity index (χ0n) is 10.6. The number of carbonyl (C=O) groups excluding carboxylic acids is 1. The first-order valence-corrected chi connectivity index (χ1v) is 6.28. The quantitative estimate of drug-likeness (QED) is 0.746. The van der Waals surface area contributed by atoms with Gasteiger partial charge in [-0.25, -0.2) is 9.97 Å². The fourth-order valence-electron chi connectivity index (χ4n) is 2.26. The number of likely N-dealkylation sites (tertiary alicyclic amines) is 1. The Balaban J connectivity index is 2.17. The molecule has 0 saturated carbocycles. The highest BCUT2D eigenvalue weighted by molar-refractivity contribution is 5.92. The molecule has 0 unspecified atom stereocenters. The molecule has 4 heteroatoms. The van der Waals surface area contributed by atoms with Crippen LogP contribution in [-0.4, -0.2) is 33.9 Å². The maximum Gasteiger partial charge on any atom is 0.272 e. The third-order valence-corrected chi connectivity index (χ3v) is 3.08. The summed E-state index contributed by atoms with van der Waals surface area (Å²) in [5, 5.41) is 0. The van der Waals surface area contributed by atoms with Crippen LogP contribution in [0, 0.1) is 13.8 Å². The Bertz CT molecular complexity index is 389. The molecular weight excluding hydrogens is 214 g/mol. The van der Waals surface area contributed by atoms with Gasteiger partial charge in [0.15, 0.2) is 0 Å². The molecule has 4 nitrogen and oxygen atoms in total. The second-order valence-electron chi connectivity index (χ2n) is 4.65. The molecule has 0 N–H and O–H groups in total. The van der Waals surface area contributed by atoms with Crippen LogP contribution in [0.1, 0.15) is 47.7 Å². The van der Waals surface area contributed by atoms with Gasteiger partial charge in [0.25, 0.3) is 5.91 Å². The normalized spacial score (nSPS) is 16.7. The SMILES string of the molecule is Cc1cc(C(=O)N2CCCCCC2)nc(C)n1. The van der Waals surface area contributed by atoms with E-state index >= 15 is 0 Å². The van der Waals surface area contributed by atoms with Crippen LogP contribution in [0.4, 0.5) is 0 Å². The molecule has 0 aromatic carbocycles. The summed E-state index contributed by atoms with van der Waals surface area (Å²) in [7, 11) is 0. The zero-order valence-corrected chi connectivity index (χ0v) is 10.6. The minimum absolute atomic E-state index is 0.0560. The van der Waals surface area contributed by atoms with Crippen molar-refractivity contribution in [1.29, 1.82) is 0 Å². The van der Waals surface area contributed by atoms with Gasteiger partial charge in [-0.3, -0.25) is 4.79 Å². The smallest absolute Gasteiger partial charge is 0.272 e. The summed E-state index contributed by atoms with van der Waals surface area (Å²) >= 11 is 0. The van der Waals surface area contributed by atoms with Crippen LogP contribution in [0.25, 0.3) is 0 Å². The van der Waals surface area contributed by atoms with Gasteiger partial charge in [-0.15, -0.1) is 0 Å². The van der Waals surface area contributed by atoms with Gasteiger partial charge in [0.1, 0.15) is 11.5 Å². The molecule has 1 aromatic rings. The van der Waals surface area contributed by atoms with Crippen LogP contribution in [-0.2, 0) is 0 Å². The van der Waals surface area contributed by atoms with Crippen molar-refractivity contribution in [3.05, 3.63) is 23.3 Å². The van der Waals surface area contributed by atoms with Gasteiger partial charge in [-0.2, -0.15) is 0 Å². The van der Waals surface area contributed by atoms with Crippen LogP contribution < -0.4 is 0 Å². The van der Waals surface area contributed by atoms with Gasteiger partial charge in [-0.05, 0) is 32.8 Å². The Morgan fingerprint density at radius 1 is 1.12 bits per heavy atom. The molecule has 2 rings (SSSR count). The number of aryl methyl sites for hydroxylation is 2. The number of hydrogen-bond donors (Lipinski definition) is 0. The van der Waals surface area contributed by atoms with Gasteiger partial charge in [0.2, 0.25) is 0 Å². The summed E-state index contributed by atoms with van der Waals surface area (Å²) in [4.78, 5) is 22.7. The van der Waals surface area contributed by atoms with E-state index in [9.17, 15) is 4.79 Å². The largest absolute Gasteiger partial charge is 0.337 e. The van der Waals surface area contributed by atoms with E-state index in [0.29, 0.717) is 11.5 Å². The van der Waals surface area contributed by atoms with Gasteiger partial charge in [0, 0.05) is 18.8 Å². The van der Waals surface area contributed by atoms with Crippen molar-refractivity contribution in [1.82, 2.24) is 14.9 Å². The van der Waals surface area contributed by atoms with E-state index in [-0.39, 0.29) is 5.91 Å². The first-order chi connectivity index (χ1) is 8.16. The predicted molar refractivity (Wildman–Crippen MR) is 65.9 cm³/mol. The Morgan fingerprint density at radius 3 is 2.35 bits per heavy atom. The maximum absolute atomic E-state index is 12.3. The van der Waals surface area contributed by atoms with Gasteiger partial charge in [-0.1, -0.05) is 12.8 Å². The minimum Gasteiger partial charge on any atom is -0.337 e. The van der Waals surface area contributed by atoms with Crippen LogP contribution in [0.5, 0.6) is 0 Å². The first-order valence-electron chi connectivity index (χ1n) is 6.28. The van der Waals surface area contributed by atoms with Crippen molar-refractivity contribution in [2.75, 3.05) is 13.1 Å². The molecule has 17 heavy (non-hydrogen) atoms. The van der Waals surface area contributed by atoms with E-state index in [1.54, 1.807) is 6.07 Å². The van der Waals surface area contributed by atoms with E-state index in [4.69, 9.17) is 0 Å². The average molecular weight is 233 g/mol.